The van der Waals surface area contributed by atoms with Crippen molar-refractivity contribution in [3.05, 3.63) is 54.1 Å². The van der Waals surface area contributed by atoms with Crippen LogP contribution in [0.4, 0.5) is 16.2 Å². The van der Waals surface area contributed by atoms with Gasteiger partial charge in [-0.05, 0) is 30.7 Å². The molecule has 1 fully saturated rings. The number of benzene rings is 2. The summed E-state index contributed by atoms with van der Waals surface area (Å²) in [7, 11) is 1.53. The van der Waals surface area contributed by atoms with E-state index in [0.717, 1.165) is 10.5 Å². The van der Waals surface area contributed by atoms with Crippen LogP contribution < -0.4 is 15.0 Å². The summed E-state index contributed by atoms with van der Waals surface area (Å²) in [5, 5.41) is 2.21. The predicted octanol–water partition coefficient (Wildman–Crippen LogP) is 2.61. The maximum Gasteiger partial charge on any atom is 0.335 e. The molecule has 1 aliphatic heterocycles. The van der Waals surface area contributed by atoms with Crippen LogP contribution in [0, 0.1) is 12.8 Å². The van der Waals surface area contributed by atoms with E-state index in [1.807, 2.05) is 0 Å². The Morgan fingerprint density at radius 1 is 1.12 bits per heavy atom. The molecule has 4 amide bonds. The van der Waals surface area contributed by atoms with Gasteiger partial charge in [-0.1, -0.05) is 24.3 Å². The lowest BCUT2D eigenvalue weighted by Crippen LogP contribution is -2.58. The molecule has 1 N–H and O–H groups in total. The Kier molecular flexibility index (Phi) is 4.79. The maximum absolute atomic E-state index is 12.8. The van der Waals surface area contributed by atoms with Crippen molar-refractivity contribution in [1.29, 1.82) is 0 Å². The van der Waals surface area contributed by atoms with Crippen molar-refractivity contribution in [3.8, 4) is 5.75 Å². The average molecular weight is 351 g/mol. The molecular formula is C19H17N3O4. The third-order valence-electron chi connectivity index (χ3n) is 3.98. The van der Waals surface area contributed by atoms with Crippen molar-refractivity contribution >= 4 is 35.4 Å². The minimum absolute atomic E-state index is 0.433. The summed E-state index contributed by atoms with van der Waals surface area (Å²) in [6.07, 6.45) is 1.24. The molecule has 0 aliphatic carbocycles. The standard InChI is InChI=1S/C19H17N3O4/c1-12-6-3-4-9-16(12)22-18(24)15(17(23)21-19(22)25)11-20-13-7-5-8-14(10-13)26-2/h3-11,15H,1-2H3,(H,21,23,25)/t15-/m0/s1. The number of para-hydroxylation sites is 1. The van der Waals surface area contributed by atoms with Gasteiger partial charge in [0.1, 0.15) is 5.75 Å². The van der Waals surface area contributed by atoms with Crippen LogP contribution >= 0.6 is 0 Å². The van der Waals surface area contributed by atoms with E-state index < -0.39 is 23.8 Å². The molecule has 0 spiro atoms. The Morgan fingerprint density at radius 3 is 2.62 bits per heavy atom. The lowest BCUT2D eigenvalue weighted by atomic mass is 10.0. The Bertz CT molecular complexity index is 907. The van der Waals surface area contributed by atoms with Crippen molar-refractivity contribution in [2.45, 2.75) is 6.92 Å². The van der Waals surface area contributed by atoms with E-state index in [4.69, 9.17) is 4.74 Å². The van der Waals surface area contributed by atoms with Crippen LogP contribution in [0.1, 0.15) is 5.56 Å². The quantitative estimate of drug-likeness (QED) is 0.677. The molecule has 0 unspecified atom stereocenters. The van der Waals surface area contributed by atoms with Crippen LogP contribution in [-0.2, 0) is 9.59 Å². The maximum atomic E-state index is 12.8. The number of methoxy groups -OCH3 is 1. The van der Waals surface area contributed by atoms with Gasteiger partial charge in [-0.25, -0.2) is 9.69 Å². The van der Waals surface area contributed by atoms with Gasteiger partial charge < -0.3 is 4.74 Å². The number of ether oxygens (including phenoxy) is 1. The fourth-order valence-corrected chi connectivity index (χ4v) is 2.62. The van der Waals surface area contributed by atoms with E-state index >= 15 is 0 Å². The SMILES string of the molecule is COc1cccc(N=C[C@H]2C(=O)NC(=O)N(c3ccccc3C)C2=O)c1. The summed E-state index contributed by atoms with van der Waals surface area (Å²) < 4.78 is 5.12. The number of amides is 4. The summed E-state index contributed by atoms with van der Waals surface area (Å²) >= 11 is 0. The number of anilines is 1. The molecule has 0 aromatic heterocycles. The highest BCUT2D eigenvalue weighted by Gasteiger charge is 2.40. The number of nitrogens with zero attached hydrogens (tertiary/aromatic N) is 2. The highest BCUT2D eigenvalue weighted by Crippen LogP contribution is 2.24. The third-order valence-corrected chi connectivity index (χ3v) is 3.98. The second-order valence-electron chi connectivity index (χ2n) is 5.71. The zero-order valence-electron chi connectivity index (χ0n) is 14.3. The smallest absolute Gasteiger partial charge is 0.335 e. The number of imide groups is 2. The first kappa shape index (κ1) is 17.3. The number of urea groups is 1. The summed E-state index contributed by atoms with van der Waals surface area (Å²) in [6.45, 7) is 1.78. The monoisotopic (exact) mass is 351 g/mol. The predicted molar refractivity (Wildman–Crippen MR) is 96.8 cm³/mol. The highest BCUT2D eigenvalue weighted by atomic mass is 16.5. The lowest BCUT2D eigenvalue weighted by molar-refractivity contribution is -0.131. The molecular weight excluding hydrogens is 334 g/mol. The van der Waals surface area contributed by atoms with E-state index in [9.17, 15) is 14.4 Å². The van der Waals surface area contributed by atoms with E-state index in [2.05, 4.69) is 10.3 Å². The van der Waals surface area contributed by atoms with Gasteiger partial charge in [0.2, 0.25) is 5.91 Å². The van der Waals surface area contributed by atoms with E-state index in [-0.39, 0.29) is 0 Å². The zero-order chi connectivity index (χ0) is 18.7. The molecule has 26 heavy (non-hydrogen) atoms. The van der Waals surface area contributed by atoms with Crippen molar-refractivity contribution in [3.63, 3.8) is 0 Å². The van der Waals surface area contributed by atoms with E-state index in [1.165, 1.54) is 13.3 Å². The second kappa shape index (κ2) is 7.18. The highest BCUT2D eigenvalue weighted by molar-refractivity contribution is 6.32. The number of aryl methyl sites for hydroxylation is 1. The molecule has 0 bridgehead atoms. The van der Waals surface area contributed by atoms with Crippen molar-refractivity contribution in [2.75, 3.05) is 12.0 Å². The number of rotatable bonds is 4. The van der Waals surface area contributed by atoms with Crippen LogP contribution in [0.3, 0.4) is 0 Å². The number of carbonyl (C=O) groups is 3. The number of barbiturate groups is 1. The molecule has 1 atom stereocenters. The summed E-state index contributed by atoms with van der Waals surface area (Å²) in [6, 6.07) is 13.1. The number of nitrogens with one attached hydrogen (secondary N) is 1. The van der Waals surface area contributed by atoms with Gasteiger partial charge in [-0.3, -0.25) is 19.9 Å². The van der Waals surface area contributed by atoms with Gasteiger partial charge in [-0.15, -0.1) is 0 Å². The second-order valence-corrected chi connectivity index (χ2v) is 5.71. The van der Waals surface area contributed by atoms with Crippen LogP contribution in [-0.4, -0.2) is 31.2 Å². The number of aliphatic imine (C=N–C) groups is 1. The number of hydrogen-bond donors (Lipinski definition) is 1. The molecule has 2 aromatic carbocycles. The van der Waals surface area contributed by atoms with Gasteiger partial charge in [0, 0.05) is 12.3 Å². The van der Waals surface area contributed by atoms with E-state index in [1.54, 1.807) is 55.5 Å². The third kappa shape index (κ3) is 3.32. The largest absolute Gasteiger partial charge is 0.497 e. The molecule has 7 heteroatoms. The van der Waals surface area contributed by atoms with Crippen LogP contribution in [0.2, 0.25) is 0 Å². The summed E-state index contributed by atoms with van der Waals surface area (Å²) in [5.41, 5.74) is 1.71. The topological polar surface area (TPSA) is 88.1 Å². The first-order valence-electron chi connectivity index (χ1n) is 7.94. The van der Waals surface area contributed by atoms with Crippen molar-refractivity contribution in [1.82, 2.24) is 5.32 Å². The van der Waals surface area contributed by atoms with Gasteiger partial charge in [0.05, 0.1) is 18.5 Å². The average Bonchev–Trinajstić information content (AvgIpc) is 2.63. The molecule has 0 radical (unpaired) electrons. The van der Waals surface area contributed by atoms with Crippen molar-refractivity contribution < 1.29 is 19.1 Å². The Labute approximate surface area is 150 Å². The van der Waals surface area contributed by atoms with Crippen LogP contribution in [0.15, 0.2) is 53.5 Å². The first-order valence-corrected chi connectivity index (χ1v) is 7.94. The molecule has 2 aromatic rings. The molecule has 1 aliphatic rings. The minimum atomic E-state index is -1.20. The van der Waals surface area contributed by atoms with Gasteiger partial charge >= 0.3 is 6.03 Å². The Morgan fingerprint density at radius 2 is 1.88 bits per heavy atom. The lowest BCUT2D eigenvalue weighted by Gasteiger charge is -2.29. The molecule has 132 valence electrons. The normalized spacial score (nSPS) is 17.5. The minimum Gasteiger partial charge on any atom is -0.497 e. The molecule has 7 nitrogen and oxygen atoms in total. The fourth-order valence-electron chi connectivity index (χ4n) is 2.62. The zero-order valence-corrected chi connectivity index (χ0v) is 14.3. The summed E-state index contributed by atoms with van der Waals surface area (Å²) in [5.74, 6) is -1.93. The van der Waals surface area contributed by atoms with Crippen molar-refractivity contribution in [2.24, 2.45) is 10.9 Å². The van der Waals surface area contributed by atoms with Gasteiger partial charge in [0.25, 0.3) is 5.91 Å². The molecule has 0 saturated carbocycles. The number of hydrogen-bond acceptors (Lipinski definition) is 5. The Balaban J connectivity index is 1.90. The van der Waals surface area contributed by atoms with Crippen LogP contribution in [0.5, 0.6) is 5.75 Å². The van der Waals surface area contributed by atoms with Gasteiger partial charge in [0.15, 0.2) is 5.92 Å². The Hall–Kier alpha value is -3.48. The fraction of sp³-hybridized carbons (Fsp3) is 0.158. The molecule has 1 saturated heterocycles. The molecule has 3 rings (SSSR count). The molecule has 1 heterocycles. The first-order chi connectivity index (χ1) is 12.5. The number of carbonyl (C=O) groups excluding carboxylic acids is 3. The van der Waals surface area contributed by atoms with Gasteiger partial charge in [-0.2, -0.15) is 0 Å². The van der Waals surface area contributed by atoms with E-state index in [0.29, 0.717) is 17.1 Å². The summed E-state index contributed by atoms with van der Waals surface area (Å²) in [4.78, 5) is 42.2. The van der Waals surface area contributed by atoms with Crippen LogP contribution in [0.25, 0.3) is 0 Å².